The number of hydrogen-bond acceptors (Lipinski definition) is 12. The van der Waals surface area contributed by atoms with E-state index in [2.05, 4.69) is 20.1 Å². The molecule has 0 amide bonds. The molecule has 1 aliphatic heterocycles. The first kappa shape index (κ1) is 21.0. The number of H-pyrrole nitrogens is 1. The summed E-state index contributed by atoms with van der Waals surface area (Å²) < 4.78 is 22.7. The molecule has 160 valence electrons. The van der Waals surface area contributed by atoms with Crippen molar-refractivity contribution in [1.29, 1.82) is 5.53 Å². The van der Waals surface area contributed by atoms with Crippen molar-refractivity contribution in [3.05, 3.63) is 16.7 Å². The van der Waals surface area contributed by atoms with E-state index in [-0.39, 0.29) is 23.7 Å². The Hall–Kier alpha value is -3.68. The fraction of sp³-hybridized carbons (Fsp3) is 0.500. The fourth-order valence-electron chi connectivity index (χ4n) is 3.07. The summed E-state index contributed by atoms with van der Waals surface area (Å²) in [6.45, 7) is 3.24. The summed E-state index contributed by atoms with van der Waals surface area (Å²) >= 11 is 0. The molecule has 1 saturated heterocycles. The highest BCUT2D eigenvalue weighted by molar-refractivity contribution is 5.71. The molecular weight excluding hydrogens is 404 g/mol. The lowest BCUT2D eigenvalue weighted by Gasteiger charge is -2.23. The van der Waals surface area contributed by atoms with Crippen LogP contribution in [0.1, 0.15) is 27.0 Å². The second-order valence-electron chi connectivity index (χ2n) is 6.34. The number of fused-ring (bicyclic) bond motifs is 1. The molecular formula is C16H18N6O8. The number of rotatable bonds is 6. The predicted molar refractivity (Wildman–Crippen MR) is 94.6 cm³/mol. The van der Waals surface area contributed by atoms with Crippen molar-refractivity contribution in [3.63, 3.8) is 0 Å². The summed E-state index contributed by atoms with van der Waals surface area (Å²) in [6.07, 6.45) is -3.16. The highest BCUT2D eigenvalue weighted by Gasteiger charge is 2.51. The molecule has 0 bridgehead atoms. The monoisotopic (exact) mass is 422 g/mol. The molecule has 3 rings (SSSR count). The zero-order valence-electron chi connectivity index (χ0n) is 16.1. The molecule has 0 spiro atoms. The number of imidazole rings is 1. The lowest BCUT2D eigenvalue weighted by atomic mass is 10.1. The van der Waals surface area contributed by atoms with Crippen LogP contribution in [0.3, 0.4) is 0 Å². The number of carbonyl (C=O) groups is 3. The summed E-state index contributed by atoms with van der Waals surface area (Å²) in [5.74, 6) is -2.22. The van der Waals surface area contributed by atoms with Crippen molar-refractivity contribution in [2.75, 3.05) is 6.61 Å². The van der Waals surface area contributed by atoms with Crippen molar-refractivity contribution in [1.82, 2.24) is 19.5 Å². The van der Waals surface area contributed by atoms with E-state index in [1.807, 2.05) is 0 Å². The van der Waals surface area contributed by atoms with E-state index in [0.29, 0.717) is 0 Å². The van der Waals surface area contributed by atoms with Crippen LogP contribution in [0.2, 0.25) is 0 Å². The number of aromatic amines is 1. The Morgan fingerprint density at radius 3 is 2.47 bits per heavy atom. The Morgan fingerprint density at radius 1 is 1.20 bits per heavy atom. The van der Waals surface area contributed by atoms with E-state index in [1.165, 1.54) is 17.8 Å². The largest absolute Gasteiger partial charge is 0.463 e. The van der Waals surface area contributed by atoms with Gasteiger partial charge in [-0.05, 0) is 0 Å². The standard InChI is InChI=1S/C16H18N6O8/c1-6(23)27-4-9-11(28-7(2)24)12(29-8(3)25)15(30-9)22-5-18-10-13(22)19-16(21-17)20-14(10)26/h5,9,11-12,15,17H,4H2,1-3H3,(H,19,20,26)/t9-,11-,12-,15-/m1/s1. The molecule has 2 aromatic rings. The Morgan fingerprint density at radius 2 is 1.87 bits per heavy atom. The number of aromatic nitrogens is 4. The van der Waals surface area contributed by atoms with Gasteiger partial charge in [0.15, 0.2) is 29.6 Å². The lowest BCUT2D eigenvalue weighted by Crippen LogP contribution is -2.40. The van der Waals surface area contributed by atoms with Gasteiger partial charge >= 0.3 is 17.9 Å². The van der Waals surface area contributed by atoms with Gasteiger partial charge in [0.25, 0.3) is 11.5 Å². The molecule has 3 heterocycles. The molecule has 0 radical (unpaired) electrons. The van der Waals surface area contributed by atoms with E-state index in [9.17, 15) is 19.2 Å². The summed E-state index contributed by atoms with van der Waals surface area (Å²) in [6, 6.07) is 0. The Labute approximate surface area is 168 Å². The molecule has 2 aromatic heterocycles. The molecule has 0 unspecified atom stereocenters. The number of ether oxygens (including phenoxy) is 4. The fourth-order valence-corrected chi connectivity index (χ4v) is 3.07. The summed E-state index contributed by atoms with van der Waals surface area (Å²) in [5, 5.41) is 3.10. The predicted octanol–water partition coefficient (Wildman–Crippen LogP) is 0.106. The third-order valence-electron chi connectivity index (χ3n) is 4.14. The Balaban J connectivity index is 2.07. The van der Waals surface area contributed by atoms with Crippen LogP contribution in [0.15, 0.2) is 16.2 Å². The van der Waals surface area contributed by atoms with E-state index >= 15 is 0 Å². The van der Waals surface area contributed by atoms with Crippen molar-refractivity contribution < 1.29 is 33.3 Å². The van der Waals surface area contributed by atoms with Crippen LogP contribution in [0.25, 0.3) is 11.2 Å². The Bertz CT molecular complexity index is 1060. The van der Waals surface area contributed by atoms with Crippen molar-refractivity contribution in [2.24, 2.45) is 5.11 Å². The maximum Gasteiger partial charge on any atom is 0.303 e. The molecule has 1 fully saturated rings. The van der Waals surface area contributed by atoms with Crippen molar-refractivity contribution >= 4 is 35.0 Å². The summed E-state index contributed by atoms with van der Waals surface area (Å²) in [5.41, 5.74) is 6.37. The molecule has 2 N–H and O–H groups in total. The van der Waals surface area contributed by atoms with E-state index in [0.717, 1.165) is 13.8 Å². The van der Waals surface area contributed by atoms with Crippen LogP contribution in [-0.2, 0) is 33.3 Å². The first-order valence-electron chi connectivity index (χ1n) is 8.68. The van der Waals surface area contributed by atoms with Crippen LogP contribution in [0.4, 0.5) is 5.95 Å². The lowest BCUT2D eigenvalue weighted by molar-refractivity contribution is -0.166. The first-order chi connectivity index (χ1) is 14.2. The topological polar surface area (TPSA) is 188 Å². The van der Waals surface area contributed by atoms with Gasteiger partial charge < -0.3 is 18.9 Å². The van der Waals surface area contributed by atoms with Gasteiger partial charge in [-0.3, -0.25) is 28.7 Å². The van der Waals surface area contributed by atoms with Gasteiger partial charge in [-0.25, -0.2) is 10.5 Å². The van der Waals surface area contributed by atoms with E-state index in [1.54, 1.807) is 0 Å². The summed E-state index contributed by atoms with van der Waals surface area (Å²) in [4.78, 5) is 56.9. The van der Waals surface area contributed by atoms with Crippen molar-refractivity contribution in [2.45, 2.75) is 45.3 Å². The van der Waals surface area contributed by atoms with Gasteiger partial charge in [-0.15, -0.1) is 5.11 Å². The van der Waals surface area contributed by atoms with Crippen molar-refractivity contribution in [3.8, 4) is 0 Å². The SMILES string of the molecule is CC(=O)OC[C@H]1O[C@@H](n2cnc3c(=O)[nH]c(N=N)nc32)[C@H](OC(C)=O)[C@@H]1OC(C)=O. The van der Waals surface area contributed by atoms with Crippen LogP contribution < -0.4 is 5.56 Å². The smallest absolute Gasteiger partial charge is 0.303 e. The second-order valence-corrected chi connectivity index (χ2v) is 6.34. The number of nitrogens with one attached hydrogen (secondary N) is 2. The zero-order valence-corrected chi connectivity index (χ0v) is 16.1. The maximum atomic E-state index is 12.1. The zero-order chi connectivity index (χ0) is 22.0. The van der Waals surface area contributed by atoms with Gasteiger partial charge in [0.2, 0.25) is 0 Å². The number of esters is 3. The molecule has 0 aromatic carbocycles. The van der Waals surface area contributed by atoms with Crippen LogP contribution in [0.5, 0.6) is 0 Å². The minimum Gasteiger partial charge on any atom is -0.463 e. The molecule has 30 heavy (non-hydrogen) atoms. The molecule has 0 aliphatic carbocycles. The van der Waals surface area contributed by atoms with Crippen LogP contribution in [0, 0.1) is 5.53 Å². The number of hydrogen-bond donors (Lipinski definition) is 2. The van der Waals surface area contributed by atoms with E-state index < -0.39 is 48.0 Å². The number of nitrogens with zero attached hydrogens (tertiary/aromatic N) is 4. The second kappa shape index (κ2) is 8.36. The van der Waals surface area contributed by atoms with Crippen LogP contribution in [-0.4, -0.2) is 62.3 Å². The van der Waals surface area contributed by atoms with Gasteiger partial charge in [-0.2, -0.15) is 4.98 Å². The minimum absolute atomic E-state index is 0.00149. The maximum absolute atomic E-state index is 12.1. The molecule has 14 heteroatoms. The van der Waals surface area contributed by atoms with Crippen LogP contribution >= 0.6 is 0 Å². The van der Waals surface area contributed by atoms with Gasteiger partial charge in [0, 0.05) is 20.8 Å². The number of carbonyl (C=O) groups excluding carboxylic acids is 3. The average Bonchev–Trinajstić information content (AvgIpc) is 3.21. The molecule has 4 atom stereocenters. The van der Waals surface area contributed by atoms with Gasteiger partial charge in [0.05, 0.1) is 6.33 Å². The Kier molecular flexibility index (Phi) is 5.86. The first-order valence-corrected chi connectivity index (χ1v) is 8.68. The minimum atomic E-state index is -1.16. The molecule has 1 aliphatic rings. The summed E-state index contributed by atoms with van der Waals surface area (Å²) in [7, 11) is 0. The quantitative estimate of drug-likeness (QED) is 0.367. The third-order valence-corrected chi connectivity index (χ3v) is 4.14. The normalized spacial score (nSPS) is 23.2. The van der Waals surface area contributed by atoms with Gasteiger partial charge in [0.1, 0.15) is 12.7 Å². The average molecular weight is 422 g/mol. The highest BCUT2D eigenvalue weighted by Crippen LogP contribution is 2.35. The van der Waals surface area contributed by atoms with E-state index in [4.69, 9.17) is 24.5 Å². The van der Waals surface area contributed by atoms with Gasteiger partial charge in [-0.1, -0.05) is 0 Å². The molecule has 0 saturated carbocycles. The molecule has 14 nitrogen and oxygen atoms in total. The third kappa shape index (κ3) is 4.17. The highest BCUT2D eigenvalue weighted by atomic mass is 16.7.